The molecule has 0 bridgehead atoms. The predicted molar refractivity (Wildman–Crippen MR) is 112 cm³/mol. The Labute approximate surface area is 166 Å². The molecule has 3 aromatic rings. The van der Waals surface area contributed by atoms with Gasteiger partial charge in [0.25, 0.3) is 5.82 Å². The Morgan fingerprint density at radius 3 is 2.19 bits per heavy atom. The predicted octanol–water partition coefficient (Wildman–Crippen LogP) is 6.15. The second-order valence-corrected chi connectivity index (χ2v) is 7.57. The van der Waals surface area contributed by atoms with E-state index >= 15 is 0 Å². The van der Waals surface area contributed by atoms with Crippen LogP contribution in [0.3, 0.4) is 0 Å². The summed E-state index contributed by atoms with van der Waals surface area (Å²) >= 11 is 9.38. The van der Waals surface area contributed by atoms with Gasteiger partial charge in [0.1, 0.15) is 11.9 Å². The maximum Gasteiger partial charge on any atom is 0.284 e. The van der Waals surface area contributed by atoms with Gasteiger partial charge in [-0.1, -0.05) is 29.3 Å². The lowest BCUT2D eigenvalue weighted by atomic mass is 10.0. The summed E-state index contributed by atoms with van der Waals surface area (Å²) in [5, 5.41) is 19.5. The van der Waals surface area contributed by atoms with Crippen molar-refractivity contribution < 1.29 is 4.73 Å². The molecule has 0 aliphatic carbocycles. The number of nitrogens with zero attached hydrogens (tertiary/aromatic N) is 1. The van der Waals surface area contributed by atoms with Gasteiger partial charge < -0.3 is 10.5 Å². The van der Waals surface area contributed by atoms with Gasteiger partial charge in [-0.25, -0.2) is 10.0 Å². The molecule has 0 aliphatic rings. The van der Waals surface area contributed by atoms with Crippen molar-refractivity contribution in [3.63, 3.8) is 0 Å². The van der Waals surface area contributed by atoms with E-state index in [1.807, 2.05) is 12.1 Å². The fourth-order valence-corrected chi connectivity index (χ4v) is 3.42. The quantitative estimate of drug-likeness (QED) is 0.384. The van der Waals surface area contributed by atoms with E-state index in [9.17, 15) is 5.21 Å². The Morgan fingerprint density at radius 2 is 1.58 bits per heavy atom. The minimum absolute atomic E-state index is 0.417. The molecule has 0 saturated heterocycles. The minimum Gasteiger partial charge on any atom is -0.711 e. The molecule has 1 heterocycles. The lowest BCUT2D eigenvalue weighted by molar-refractivity contribution is -0.590. The van der Waals surface area contributed by atoms with Gasteiger partial charge in [-0.2, -0.15) is 0 Å². The number of aromatic nitrogens is 1. The first-order valence-electron chi connectivity index (χ1n) is 8.13. The summed E-state index contributed by atoms with van der Waals surface area (Å²) in [6.45, 7) is 6.22. The van der Waals surface area contributed by atoms with Crippen molar-refractivity contribution in [2.24, 2.45) is 0 Å². The van der Waals surface area contributed by atoms with Crippen molar-refractivity contribution in [1.82, 2.24) is 0 Å². The second kappa shape index (κ2) is 7.56. The molecule has 0 amide bonds. The van der Waals surface area contributed by atoms with Crippen LogP contribution < -0.4 is 15.4 Å². The van der Waals surface area contributed by atoms with E-state index in [4.69, 9.17) is 11.6 Å². The second-order valence-electron chi connectivity index (χ2n) is 6.28. The Hall–Kier alpha value is -2.24. The number of aryl methyl sites for hydroxylation is 3. The molecule has 4 nitrogen and oxygen atoms in total. The maximum atomic E-state index is 12.3. The molecule has 0 unspecified atom stereocenters. The summed E-state index contributed by atoms with van der Waals surface area (Å²) in [4.78, 5) is 0. The van der Waals surface area contributed by atoms with Crippen molar-refractivity contribution in [2.45, 2.75) is 20.8 Å². The molecule has 0 atom stereocenters. The van der Waals surface area contributed by atoms with Crippen molar-refractivity contribution in [2.75, 3.05) is 10.6 Å². The van der Waals surface area contributed by atoms with Crippen LogP contribution >= 0.6 is 27.5 Å². The first-order chi connectivity index (χ1) is 12.3. The van der Waals surface area contributed by atoms with Crippen LogP contribution in [-0.2, 0) is 0 Å². The lowest BCUT2D eigenvalue weighted by Gasteiger charge is -2.17. The van der Waals surface area contributed by atoms with Gasteiger partial charge in [-0.05, 0) is 72.1 Å². The summed E-state index contributed by atoms with van der Waals surface area (Å²) in [7, 11) is 0. The van der Waals surface area contributed by atoms with Gasteiger partial charge in [-0.15, -0.1) is 0 Å². The van der Waals surface area contributed by atoms with Crippen LogP contribution in [0.5, 0.6) is 0 Å². The lowest BCUT2D eigenvalue weighted by Crippen LogP contribution is -2.29. The molecular weight excluding hydrogens is 414 g/mol. The molecular formula is C20H19BrClN3O. The highest BCUT2D eigenvalue weighted by molar-refractivity contribution is 9.10. The number of rotatable bonds is 4. The van der Waals surface area contributed by atoms with Crippen molar-refractivity contribution in [1.29, 1.82) is 0 Å². The minimum atomic E-state index is 0.417. The van der Waals surface area contributed by atoms with E-state index in [2.05, 4.69) is 59.5 Å². The molecule has 0 radical (unpaired) electrons. The van der Waals surface area contributed by atoms with Crippen molar-refractivity contribution in [3.8, 4) is 0 Å². The fourth-order valence-electron chi connectivity index (χ4n) is 2.89. The van der Waals surface area contributed by atoms with E-state index < -0.39 is 0 Å². The van der Waals surface area contributed by atoms with E-state index in [-0.39, 0.29) is 0 Å². The Bertz CT molecular complexity index is 935. The summed E-state index contributed by atoms with van der Waals surface area (Å²) in [6, 6.07) is 13.2. The van der Waals surface area contributed by atoms with E-state index in [0.29, 0.717) is 15.3 Å². The zero-order valence-electron chi connectivity index (χ0n) is 14.7. The number of hydrogen-bond acceptors (Lipinski definition) is 3. The highest BCUT2D eigenvalue weighted by atomic mass is 79.9. The topological polar surface area (TPSA) is 51.0 Å². The number of pyridine rings is 1. The maximum absolute atomic E-state index is 12.3. The van der Waals surface area contributed by atoms with Crippen LogP contribution in [-0.4, -0.2) is 0 Å². The normalized spacial score (nSPS) is 10.7. The zero-order chi connectivity index (χ0) is 18.8. The van der Waals surface area contributed by atoms with Gasteiger partial charge in [-0.3, -0.25) is 0 Å². The average Bonchev–Trinajstić information content (AvgIpc) is 2.56. The molecule has 26 heavy (non-hydrogen) atoms. The molecule has 0 spiro atoms. The summed E-state index contributed by atoms with van der Waals surface area (Å²) in [6.07, 6.45) is 1.49. The summed E-state index contributed by atoms with van der Waals surface area (Å²) in [5.41, 5.74) is 6.16. The Balaban J connectivity index is 1.94. The van der Waals surface area contributed by atoms with E-state index in [1.165, 1.54) is 11.8 Å². The standard InChI is InChI=1S/C20H19BrClN3O/c1-12-8-13(2)20(14(3)9-12)24-18-10-19(25(26)11-17(18)21)23-16-6-4-15(22)5-7-16/h4-11,23-24H,1-3H3. The van der Waals surface area contributed by atoms with Crippen LogP contribution in [0.2, 0.25) is 5.02 Å². The summed E-state index contributed by atoms with van der Waals surface area (Å²) < 4.78 is 1.48. The van der Waals surface area contributed by atoms with Crippen LogP contribution in [0.15, 0.2) is 53.1 Å². The number of nitrogens with one attached hydrogen (secondary N) is 2. The van der Waals surface area contributed by atoms with Crippen LogP contribution in [0, 0.1) is 26.0 Å². The average molecular weight is 433 g/mol. The summed E-state index contributed by atoms with van der Waals surface area (Å²) in [5.74, 6) is 0.417. The largest absolute Gasteiger partial charge is 0.711 e. The van der Waals surface area contributed by atoms with E-state index in [0.717, 1.165) is 32.9 Å². The SMILES string of the molecule is Cc1cc(C)c(Nc2cc(Nc3ccc(Cl)cc3)[n+]([O-])cc2Br)c(C)c1. The third-order valence-electron chi connectivity index (χ3n) is 4.06. The monoisotopic (exact) mass is 431 g/mol. The Morgan fingerprint density at radius 1 is 0.962 bits per heavy atom. The molecule has 1 aromatic heterocycles. The third-order valence-corrected chi connectivity index (χ3v) is 4.94. The molecule has 3 rings (SSSR count). The van der Waals surface area contributed by atoms with Gasteiger partial charge in [0, 0.05) is 10.7 Å². The molecule has 0 saturated carbocycles. The molecule has 0 aliphatic heterocycles. The molecule has 134 valence electrons. The molecule has 0 fully saturated rings. The van der Waals surface area contributed by atoms with E-state index in [1.54, 1.807) is 18.2 Å². The number of benzene rings is 2. The fraction of sp³-hybridized carbons (Fsp3) is 0.150. The van der Waals surface area contributed by atoms with Crippen molar-refractivity contribution >= 4 is 50.4 Å². The third kappa shape index (κ3) is 4.11. The van der Waals surface area contributed by atoms with Gasteiger partial charge in [0.2, 0.25) is 0 Å². The first kappa shape index (κ1) is 18.5. The molecule has 2 aromatic carbocycles. The van der Waals surface area contributed by atoms with Gasteiger partial charge >= 0.3 is 0 Å². The van der Waals surface area contributed by atoms with Gasteiger partial charge in [0.15, 0.2) is 0 Å². The van der Waals surface area contributed by atoms with Crippen molar-refractivity contribution in [3.05, 3.63) is 80.1 Å². The van der Waals surface area contributed by atoms with Crippen LogP contribution in [0.4, 0.5) is 22.9 Å². The zero-order valence-corrected chi connectivity index (χ0v) is 17.1. The van der Waals surface area contributed by atoms with Crippen LogP contribution in [0.1, 0.15) is 16.7 Å². The van der Waals surface area contributed by atoms with Crippen LogP contribution in [0.25, 0.3) is 0 Å². The molecule has 6 heteroatoms. The highest BCUT2D eigenvalue weighted by Gasteiger charge is 2.13. The van der Waals surface area contributed by atoms with Gasteiger partial charge in [0.05, 0.1) is 16.2 Å². The smallest absolute Gasteiger partial charge is 0.284 e. The number of halogens is 2. The molecule has 2 N–H and O–H groups in total. The first-order valence-corrected chi connectivity index (χ1v) is 9.31. The number of hydrogen-bond donors (Lipinski definition) is 2. The highest BCUT2D eigenvalue weighted by Crippen LogP contribution is 2.31. The number of anilines is 4. The Kier molecular flexibility index (Phi) is 5.39.